The molecule has 0 fully saturated rings. The lowest BCUT2D eigenvalue weighted by molar-refractivity contribution is 0.165. The molecule has 192 valence electrons. The van der Waals surface area contributed by atoms with E-state index in [4.69, 9.17) is 4.74 Å². The molecular formula is C27H26FN3O5S. The summed E-state index contributed by atoms with van der Waals surface area (Å²) in [7, 11) is -2.96. The summed E-state index contributed by atoms with van der Waals surface area (Å²) in [6.07, 6.45) is 2.29. The van der Waals surface area contributed by atoms with Gasteiger partial charge < -0.3 is 9.84 Å². The molecule has 1 atom stereocenters. The van der Waals surface area contributed by atoms with Crippen LogP contribution in [0.2, 0.25) is 0 Å². The lowest BCUT2D eigenvalue weighted by Gasteiger charge is -2.23. The largest absolute Gasteiger partial charge is 0.492 e. The summed E-state index contributed by atoms with van der Waals surface area (Å²) in [5, 5.41) is 10.7. The average molecular weight is 524 g/mol. The fourth-order valence-corrected chi connectivity index (χ4v) is 5.49. The van der Waals surface area contributed by atoms with Gasteiger partial charge in [0.1, 0.15) is 5.82 Å². The Kier molecular flexibility index (Phi) is 7.80. The molecule has 2 aromatic carbocycles. The fraction of sp³-hybridized carbons (Fsp3) is 0.222. The summed E-state index contributed by atoms with van der Waals surface area (Å²) < 4.78 is 47.0. The van der Waals surface area contributed by atoms with Crippen molar-refractivity contribution in [3.05, 3.63) is 101 Å². The predicted molar refractivity (Wildman–Crippen MR) is 136 cm³/mol. The summed E-state index contributed by atoms with van der Waals surface area (Å²) in [6.45, 7) is 1.98. The molecular weight excluding hydrogens is 497 g/mol. The van der Waals surface area contributed by atoms with Crippen LogP contribution < -0.4 is 5.56 Å². The zero-order chi connectivity index (χ0) is 26.6. The molecule has 0 radical (unpaired) electrons. The minimum atomic E-state index is -4.45. The van der Waals surface area contributed by atoms with Gasteiger partial charge in [0.25, 0.3) is 5.56 Å². The van der Waals surface area contributed by atoms with Crippen LogP contribution in [0.3, 0.4) is 0 Å². The van der Waals surface area contributed by atoms with E-state index < -0.39 is 38.2 Å². The van der Waals surface area contributed by atoms with Gasteiger partial charge in [0.05, 0.1) is 17.5 Å². The van der Waals surface area contributed by atoms with E-state index in [9.17, 15) is 22.7 Å². The average Bonchev–Trinajstić information content (AvgIpc) is 2.89. The van der Waals surface area contributed by atoms with Crippen LogP contribution in [-0.2, 0) is 21.0 Å². The molecule has 8 nitrogen and oxygen atoms in total. The number of pyridine rings is 1. The standard InChI is InChI=1S/C27H26FN3O5S/c1-3-7-24-30-26(32)25(27(33)31(24)22(17-36-2)19-8-5-4-6-9-19)37(34,35)21-13-10-18(11-14-21)20-12-15-23(28)29-16-20/h4-6,8-16,22,32H,3,7,17H2,1-2H3. The summed E-state index contributed by atoms with van der Waals surface area (Å²) in [4.78, 5) is 20.6. The molecule has 37 heavy (non-hydrogen) atoms. The van der Waals surface area contributed by atoms with Crippen molar-refractivity contribution < 1.29 is 22.7 Å². The highest BCUT2D eigenvalue weighted by atomic mass is 32.2. The zero-order valence-corrected chi connectivity index (χ0v) is 21.2. The van der Waals surface area contributed by atoms with Gasteiger partial charge in [0.15, 0.2) is 4.90 Å². The maximum atomic E-state index is 13.8. The maximum Gasteiger partial charge on any atom is 0.277 e. The molecule has 0 bridgehead atoms. The topological polar surface area (TPSA) is 111 Å². The number of rotatable bonds is 9. The number of aromatic nitrogens is 3. The number of ether oxygens (including phenoxy) is 1. The highest BCUT2D eigenvalue weighted by Gasteiger charge is 2.31. The van der Waals surface area contributed by atoms with Crippen molar-refractivity contribution in [2.45, 2.75) is 35.6 Å². The molecule has 0 aliphatic carbocycles. The molecule has 2 aromatic heterocycles. The van der Waals surface area contributed by atoms with Gasteiger partial charge in [-0.3, -0.25) is 9.36 Å². The number of sulfone groups is 1. The fourth-order valence-electron chi connectivity index (χ4n) is 4.15. The van der Waals surface area contributed by atoms with E-state index in [-0.39, 0.29) is 17.3 Å². The normalized spacial score (nSPS) is 12.4. The van der Waals surface area contributed by atoms with Crippen molar-refractivity contribution in [3.8, 4) is 17.0 Å². The van der Waals surface area contributed by atoms with Gasteiger partial charge >= 0.3 is 0 Å². The van der Waals surface area contributed by atoms with Crippen LogP contribution in [0.25, 0.3) is 11.1 Å². The van der Waals surface area contributed by atoms with Crippen LogP contribution in [0.5, 0.6) is 5.88 Å². The maximum absolute atomic E-state index is 13.8. The smallest absolute Gasteiger partial charge is 0.277 e. The van der Waals surface area contributed by atoms with E-state index in [1.807, 2.05) is 37.3 Å². The molecule has 10 heteroatoms. The van der Waals surface area contributed by atoms with Crippen LogP contribution in [-0.4, -0.2) is 41.8 Å². The van der Waals surface area contributed by atoms with Crippen LogP contribution in [0.4, 0.5) is 4.39 Å². The number of hydrogen-bond donors (Lipinski definition) is 1. The molecule has 0 saturated carbocycles. The number of aryl methyl sites for hydroxylation is 1. The minimum absolute atomic E-state index is 0.0903. The first kappa shape index (κ1) is 26.2. The van der Waals surface area contributed by atoms with Gasteiger partial charge in [-0.05, 0) is 41.8 Å². The Morgan fingerprint density at radius 3 is 2.30 bits per heavy atom. The van der Waals surface area contributed by atoms with E-state index in [1.54, 1.807) is 0 Å². The Morgan fingerprint density at radius 1 is 1.03 bits per heavy atom. The van der Waals surface area contributed by atoms with E-state index in [0.29, 0.717) is 24.0 Å². The molecule has 4 aromatic rings. The quantitative estimate of drug-likeness (QED) is 0.328. The lowest BCUT2D eigenvalue weighted by Crippen LogP contribution is -2.35. The van der Waals surface area contributed by atoms with Crippen molar-refractivity contribution >= 4 is 9.84 Å². The van der Waals surface area contributed by atoms with E-state index in [2.05, 4.69) is 9.97 Å². The molecule has 0 amide bonds. The van der Waals surface area contributed by atoms with Crippen LogP contribution >= 0.6 is 0 Å². The first-order chi connectivity index (χ1) is 17.8. The molecule has 1 unspecified atom stereocenters. The summed E-state index contributed by atoms with van der Waals surface area (Å²) >= 11 is 0. The SMILES string of the molecule is CCCc1nc(O)c(S(=O)(=O)c2ccc(-c3ccc(F)nc3)cc2)c(=O)n1C(COC)c1ccccc1. The third-order valence-electron chi connectivity index (χ3n) is 5.92. The monoisotopic (exact) mass is 523 g/mol. The van der Waals surface area contributed by atoms with E-state index in [1.165, 1.54) is 54.3 Å². The molecule has 0 aliphatic heterocycles. The van der Waals surface area contributed by atoms with Crippen molar-refractivity contribution in [2.24, 2.45) is 0 Å². The predicted octanol–water partition coefficient (Wildman–Crippen LogP) is 4.17. The highest BCUT2D eigenvalue weighted by Crippen LogP contribution is 2.29. The number of halogens is 1. The Bertz CT molecular complexity index is 1540. The molecule has 0 aliphatic rings. The Labute approximate surface area is 214 Å². The lowest BCUT2D eigenvalue weighted by atomic mass is 10.1. The first-order valence-electron chi connectivity index (χ1n) is 11.6. The molecule has 1 N–H and O–H groups in total. The third kappa shape index (κ3) is 5.30. The number of benzene rings is 2. The summed E-state index contributed by atoms with van der Waals surface area (Å²) in [6, 6.07) is 16.8. The van der Waals surface area contributed by atoms with Crippen LogP contribution in [0.1, 0.15) is 30.8 Å². The number of nitrogens with zero attached hydrogens (tertiary/aromatic N) is 3. The first-order valence-corrected chi connectivity index (χ1v) is 13.1. The Morgan fingerprint density at radius 2 is 1.70 bits per heavy atom. The number of hydrogen-bond acceptors (Lipinski definition) is 7. The van der Waals surface area contributed by atoms with Gasteiger partial charge in [0, 0.05) is 25.3 Å². The van der Waals surface area contributed by atoms with Crippen molar-refractivity contribution in [1.82, 2.24) is 14.5 Å². The highest BCUT2D eigenvalue weighted by molar-refractivity contribution is 7.91. The second kappa shape index (κ2) is 11.0. The Hall–Kier alpha value is -3.89. The molecule has 2 heterocycles. The Balaban J connectivity index is 1.86. The molecule has 4 rings (SSSR count). The number of aromatic hydroxyl groups is 1. The summed E-state index contributed by atoms with van der Waals surface area (Å²) in [5.74, 6) is -1.22. The van der Waals surface area contributed by atoms with Gasteiger partial charge in [-0.1, -0.05) is 49.4 Å². The van der Waals surface area contributed by atoms with E-state index in [0.717, 1.165) is 5.56 Å². The van der Waals surface area contributed by atoms with E-state index >= 15 is 0 Å². The van der Waals surface area contributed by atoms with Crippen molar-refractivity contribution in [1.29, 1.82) is 0 Å². The van der Waals surface area contributed by atoms with Gasteiger partial charge in [-0.15, -0.1) is 0 Å². The van der Waals surface area contributed by atoms with Crippen LogP contribution in [0.15, 0.2) is 87.5 Å². The summed E-state index contributed by atoms with van der Waals surface area (Å²) in [5.41, 5.74) is 1.05. The van der Waals surface area contributed by atoms with Crippen molar-refractivity contribution in [2.75, 3.05) is 13.7 Å². The van der Waals surface area contributed by atoms with Gasteiger partial charge in [0.2, 0.25) is 21.7 Å². The third-order valence-corrected chi connectivity index (χ3v) is 7.70. The van der Waals surface area contributed by atoms with Crippen LogP contribution in [0, 0.1) is 5.95 Å². The van der Waals surface area contributed by atoms with Gasteiger partial charge in [-0.25, -0.2) is 13.4 Å². The second-order valence-corrected chi connectivity index (χ2v) is 10.3. The molecule has 0 saturated heterocycles. The second-order valence-electron chi connectivity index (χ2n) is 8.39. The molecule has 0 spiro atoms. The van der Waals surface area contributed by atoms with Crippen molar-refractivity contribution in [3.63, 3.8) is 0 Å². The minimum Gasteiger partial charge on any atom is -0.492 e. The zero-order valence-electron chi connectivity index (χ0n) is 20.3. The van der Waals surface area contributed by atoms with Gasteiger partial charge in [-0.2, -0.15) is 9.37 Å². The number of methoxy groups -OCH3 is 1.